The molecular formula is C18H17BrO. The fourth-order valence-corrected chi connectivity index (χ4v) is 3.31. The summed E-state index contributed by atoms with van der Waals surface area (Å²) >= 11 is 3.50. The van der Waals surface area contributed by atoms with Crippen LogP contribution in [0, 0.1) is 6.92 Å². The molecule has 0 heterocycles. The van der Waals surface area contributed by atoms with Gasteiger partial charge in [-0.05, 0) is 55.0 Å². The van der Waals surface area contributed by atoms with Crippen LogP contribution in [0.15, 0.2) is 46.9 Å². The summed E-state index contributed by atoms with van der Waals surface area (Å²) in [6, 6.07) is 14.0. The predicted octanol–water partition coefficient (Wildman–Crippen LogP) is 5.26. The van der Waals surface area contributed by atoms with E-state index in [2.05, 4.69) is 28.1 Å². The van der Waals surface area contributed by atoms with Crippen LogP contribution in [0.2, 0.25) is 0 Å². The Balaban J connectivity index is 1.93. The summed E-state index contributed by atoms with van der Waals surface area (Å²) in [6.45, 7) is 2.02. The van der Waals surface area contributed by atoms with Crippen LogP contribution in [0.5, 0.6) is 0 Å². The SMILES string of the molecule is Cc1ccc(C(=O)c2cccc(C3CCC3)c2)c(Br)c1. The van der Waals surface area contributed by atoms with E-state index in [4.69, 9.17) is 0 Å². The number of halogens is 1. The highest BCUT2D eigenvalue weighted by Crippen LogP contribution is 2.36. The maximum Gasteiger partial charge on any atom is 0.194 e. The number of aryl methyl sites for hydroxylation is 1. The van der Waals surface area contributed by atoms with Crippen LogP contribution < -0.4 is 0 Å². The van der Waals surface area contributed by atoms with Gasteiger partial charge in [0.15, 0.2) is 5.78 Å². The van der Waals surface area contributed by atoms with Gasteiger partial charge in [-0.1, -0.05) is 46.6 Å². The van der Waals surface area contributed by atoms with E-state index in [9.17, 15) is 4.79 Å². The van der Waals surface area contributed by atoms with Crippen molar-refractivity contribution in [2.75, 3.05) is 0 Å². The molecule has 20 heavy (non-hydrogen) atoms. The number of hydrogen-bond donors (Lipinski definition) is 0. The molecule has 2 heteroatoms. The molecule has 0 aliphatic heterocycles. The van der Waals surface area contributed by atoms with Crippen molar-refractivity contribution in [1.29, 1.82) is 0 Å². The van der Waals surface area contributed by atoms with Gasteiger partial charge in [-0.25, -0.2) is 0 Å². The van der Waals surface area contributed by atoms with Crippen LogP contribution in [0.25, 0.3) is 0 Å². The van der Waals surface area contributed by atoms with E-state index in [0.29, 0.717) is 5.92 Å². The van der Waals surface area contributed by atoms with Crippen molar-refractivity contribution in [3.05, 3.63) is 69.2 Å². The lowest BCUT2D eigenvalue weighted by Gasteiger charge is -2.26. The number of carbonyl (C=O) groups is 1. The summed E-state index contributed by atoms with van der Waals surface area (Å²) in [5.41, 5.74) is 3.99. The van der Waals surface area contributed by atoms with Crippen LogP contribution in [0.4, 0.5) is 0 Å². The monoisotopic (exact) mass is 328 g/mol. The summed E-state index contributed by atoms with van der Waals surface area (Å²) in [5.74, 6) is 0.752. The molecule has 0 radical (unpaired) electrons. The molecule has 0 saturated heterocycles. The summed E-state index contributed by atoms with van der Waals surface area (Å²) in [7, 11) is 0. The molecule has 1 aliphatic rings. The van der Waals surface area contributed by atoms with E-state index in [1.165, 1.54) is 24.8 Å². The zero-order chi connectivity index (χ0) is 14.1. The lowest BCUT2D eigenvalue weighted by molar-refractivity contribution is 0.103. The first-order chi connectivity index (χ1) is 9.65. The van der Waals surface area contributed by atoms with Crippen molar-refractivity contribution >= 4 is 21.7 Å². The van der Waals surface area contributed by atoms with Crippen molar-refractivity contribution in [1.82, 2.24) is 0 Å². The second-order valence-corrected chi connectivity index (χ2v) is 6.42. The summed E-state index contributed by atoms with van der Waals surface area (Å²) in [4.78, 5) is 12.6. The molecular weight excluding hydrogens is 312 g/mol. The third kappa shape index (κ3) is 2.57. The Bertz CT molecular complexity index is 656. The third-order valence-electron chi connectivity index (χ3n) is 4.09. The second-order valence-electron chi connectivity index (χ2n) is 5.57. The van der Waals surface area contributed by atoms with E-state index in [-0.39, 0.29) is 5.78 Å². The van der Waals surface area contributed by atoms with Crippen molar-refractivity contribution in [3.8, 4) is 0 Å². The quantitative estimate of drug-likeness (QED) is 0.702. The zero-order valence-electron chi connectivity index (χ0n) is 11.5. The Morgan fingerprint density at radius 1 is 1.15 bits per heavy atom. The van der Waals surface area contributed by atoms with E-state index in [0.717, 1.165) is 21.2 Å². The normalized spacial score (nSPS) is 14.9. The Hall–Kier alpha value is -1.41. The van der Waals surface area contributed by atoms with Gasteiger partial charge in [-0.2, -0.15) is 0 Å². The van der Waals surface area contributed by atoms with Crippen LogP contribution in [-0.4, -0.2) is 5.78 Å². The second kappa shape index (κ2) is 5.53. The molecule has 0 spiro atoms. The average Bonchev–Trinajstić information content (AvgIpc) is 2.36. The first-order valence-electron chi connectivity index (χ1n) is 7.06. The van der Waals surface area contributed by atoms with E-state index in [1.54, 1.807) is 0 Å². The number of ketones is 1. The standard InChI is InChI=1S/C18H17BrO/c1-12-8-9-16(17(19)10-12)18(20)15-7-3-6-14(11-15)13-4-2-5-13/h3,6-11,13H,2,4-5H2,1H3. The van der Waals surface area contributed by atoms with Crippen LogP contribution in [0.3, 0.4) is 0 Å². The molecule has 2 aromatic carbocycles. The van der Waals surface area contributed by atoms with E-state index in [1.807, 2.05) is 37.3 Å². The van der Waals surface area contributed by atoms with Gasteiger partial charge in [-0.3, -0.25) is 4.79 Å². The van der Waals surface area contributed by atoms with Gasteiger partial charge in [0.1, 0.15) is 0 Å². The molecule has 1 saturated carbocycles. The van der Waals surface area contributed by atoms with Gasteiger partial charge in [0, 0.05) is 15.6 Å². The minimum atomic E-state index is 0.0954. The van der Waals surface area contributed by atoms with Gasteiger partial charge in [0.25, 0.3) is 0 Å². The molecule has 0 bridgehead atoms. The number of carbonyl (C=O) groups excluding carboxylic acids is 1. The van der Waals surface area contributed by atoms with Crippen molar-refractivity contribution in [2.45, 2.75) is 32.1 Å². The van der Waals surface area contributed by atoms with Crippen molar-refractivity contribution in [3.63, 3.8) is 0 Å². The summed E-state index contributed by atoms with van der Waals surface area (Å²) in [5, 5.41) is 0. The van der Waals surface area contributed by atoms with E-state index >= 15 is 0 Å². The molecule has 0 aromatic heterocycles. The van der Waals surface area contributed by atoms with E-state index < -0.39 is 0 Å². The first kappa shape index (κ1) is 13.6. The Kier molecular flexibility index (Phi) is 3.75. The fraction of sp³-hybridized carbons (Fsp3) is 0.278. The molecule has 0 N–H and O–H groups in total. The summed E-state index contributed by atoms with van der Waals surface area (Å²) in [6.07, 6.45) is 3.82. The highest BCUT2D eigenvalue weighted by Gasteiger charge is 2.21. The molecule has 0 atom stereocenters. The van der Waals surface area contributed by atoms with Crippen LogP contribution >= 0.6 is 15.9 Å². The summed E-state index contributed by atoms with van der Waals surface area (Å²) < 4.78 is 0.872. The van der Waals surface area contributed by atoms with Gasteiger partial charge in [-0.15, -0.1) is 0 Å². The van der Waals surface area contributed by atoms with Crippen LogP contribution in [-0.2, 0) is 0 Å². The Labute approximate surface area is 128 Å². The minimum Gasteiger partial charge on any atom is -0.289 e. The topological polar surface area (TPSA) is 17.1 Å². The lowest BCUT2D eigenvalue weighted by Crippen LogP contribution is -2.10. The maximum atomic E-state index is 12.6. The highest BCUT2D eigenvalue weighted by atomic mass is 79.9. The van der Waals surface area contributed by atoms with Crippen LogP contribution in [0.1, 0.15) is 52.2 Å². The fourth-order valence-electron chi connectivity index (χ4n) is 2.64. The van der Waals surface area contributed by atoms with Crippen molar-refractivity contribution in [2.24, 2.45) is 0 Å². The predicted molar refractivity (Wildman–Crippen MR) is 85.3 cm³/mol. The van der Waals surface area contributed by atoms with Gasteiger partial charge in [0.2, 0.25) is 0 Å². The smallest absolute Gasteiger partial charge is 0.194 e. The zero-order valence-corrected chi connectivity index (χ0v) is 13.1. The molecule has 3 rings (SSSR count). The molecule has 2 aromatic rings. The molecule has 0 amide bonds. The molecule has 1 aliphatic carbocycles. The van der Waals surface area contributed by atoms with Crippen molar-refractivity contribution < 1.29 is 4.79 Å². The van der Waals surface area contributed by atoms with Gasteiger partial charge >= 0.3 is 0 Å². The molecule has 1 nitrogen and oxygen atoms in total. The Morgan fingerprint density at radius 2 is 1.95 bits per heavy atom. The molecule has 1 fully saturated rings. The number of hydrogen-bond acceptors (Lipinski definition) is 1. The molecule has 0 unspecified atom stereocenters. The highest BCUT2D eigenvalue weighted by molar-refractivity contribution is 9.10. The molecule has 102 valence electrons. The van der Waals surface area contributed by atoms with Gasteiger partial charge in [0.05, 0.1) is 0 Å². The Morgan fingerprint density at radius 3 is 2.60 bits per heavy atom. The minimum absolute atomic E-state index is 0.0954. The largest absolute Gasteiger partial charge is 0.289 e. The lowest BCUT2D eigenvalue weighted by atomic mass is 9.79. The number of rotatable bonds is 3. The maximum absolute atomic E-state index is 12.6. The number of benzene rings is 2. The van der Waals surface area contributed by atoms with Gasteiger partial charge < -0.3 is 0 Å². The first-order valence-corrected chi connectivity index (χ1v) is 7.85. The average molecular weight is 329 g/mol. The third-order valence-corrected chi connectivity index (χ3v) is 4.75.